The number of ether oxygens (including phenoxy) is 1. The van der Waals surface area contributed by atoms with Crippen molar-refractivity contribution in [1.29, 1.82) is 0 Å². The van der Waals surface area contributed by atoms with Crippen molar-refractivity contribution in [1.82, 2.24) is 4.98 Å². The quantitative estimate of drug-likeness (QED) is 0.520. The molecule has 0 radical (unpaired) electrons. The van der Waals surface area contributed by atoms with Crippen molar-refractivity contribution in [3.63, 3.8) is 0 Å². The molecule has 0 saturated carbocycles. The summed E-state index contributed by atoms with van der Waals surface area (Å²) in [7, 11) is 0. The van der Waals surface area contributed by atoms with Crippen molar-refractivity contribution in [3.05, 3.63) is 36.2 Å². The molecule has 1 aromatic rings. The van der Waals surface area contributed by atoms with Crippen LogP contribution in [0, 0.1) is 0 Å². The second-order valence-corrected chi connectivity index (χ2v) is 2.34. The summed E-state index contributed by atoms with van der Waals surface area (Å²) >= 11 is 0. The fraction of sp³-hybridized carbons (Fsp3) is 0.200. The summed E-state index contributed by atoms with van der Waals surface area (Å²) in [4.78, 5) is 14.9. The molecule has 13 heavy (non-hydrogen) atoms. The van der Waals surface area contributed by atoms with Crippen molar-refractivity contribution < 1.29 is 9.53 Å². The van der Waals surface area contributed by atoms with E-state index in [9.17, 15) is 4.79 Å². The molecule has 0 aromatic carbocycles. The van der Waals surface area contributed by atoms with Crippen LogP contribution in [0.5, 0.6) is 0 Å². The normalized spacial score (nSPS) is 10.2. The number of hydrogen-bond donors (Lipinski definition) is 0. The molecule has 0 N–H and O–H groups in total. The molecule has 1 rings (SSSR count). The van der Waals surface area contributed by atoms with E-state index in [1.165, 1.54) is 6.08 Å². The third-order valence-corrected chi connectivity index (χ3v) is 1.36. The summed E-state index contributed by atoms with van der Waals surface area (Å²) in [5, 5.41) is 0. The van der Waals surface area contributed by atoms with Gasteiger partial charge in [0.25, 0.3) is 0 Å². The summed E-state index contributed by atoms with van der Waals surface area (Å²) in [6.07, 6.45) is 4.66. The summed E-state index contributed by atoms with van der Waals surface area (Å²) in [5.74, 6) is -0.340. The van der Waals surface area contributed by atoms with Crippen LogP contribution in [0.1, 0.15) is 12.6 Å². The number of pyridine rings is 1. The first-order valence-electron chi connectivity index (χ1n) is 4.09. The monoisotopic (exact) mass is 177 g/mol. The highest BCUT2D eigenvalue weighted by Crippen LogP contribution is 1.96. The highest BCUT2D eigenvalue weighted by molar-refractivity contribution is 5.86. The van der Waals surface area contributed by atoms with Gasteiger partial charge in [-0.3, -0.25) is 4.98 Å². The molecular weight excluding hydrogens is 166 g/mol. The fourth-order valence-corrected chi connectivity index (χ4v) is 0.818. The minimum absolute atomic E-state index is 0.340. The maximum Gasteiger partial charge on any atom is 0.330 e. The topological polar surface area (TPSA) is 39.2 Å². The molecule has 0 aliphatic rings. The SMILES string of the molecule is CCOC(=O)C=Cc1ccccn1. The first-order chi connectivity index (χ1) is 6.33. The Morgan fingerprint density at radius 1 is 1.62 bits per heavy atom. The van der Waals surface area contributed by atoms with E-state index in [0.29, 0.717) is 6.61 Å². The van der Waals surface area contributed by atoms with Crippen molar-refractivity contribution in [2.45, 2.75) is 6.92 Å². The van der Waals surface area contributed by atoms with E-state index in [4.69, 9.17) is 4.74 Å². The van der Waals surface area contributed by atoms with Crippen molar-refractivity contribution >= 4 is 12.0 Å². The largest absolute Gasteiger partial charge is 0.463 e. The maximum atomic E-state index is 10.9. The van der Waals surface area contributed by atoms with Crippen LogP contribution >= 0.6 is 0 Å². The molecule has 0 saturated heterocycles. The number of hydrogen-bond acceptors (Lipinski definition) is 3. The van der Waals surface area contributed by atoms with Crippen LogP contribution in [0.15, 0.2) is 30.5 Å². The minimum Gasteiger partial charge on any atom is -0.463 e. The van der Waals surface area contributed by atoms with Crippen molar-refractivity contribution in [2.24, 2.45) is 0 Å². The average Bonchev–Trinajstić information content (AvgIpc) is 2.17. The van der Waals surface area contributed by atoms with Gasteiger partial charge in [-0.2, -0.15) is 0 Å². The molecule has 0 aliphatic heterocycles. The Hall–Kier alpha value is -1.64. The van der Waals surface area contributed by atoms with Gasteiger partial charge in [-0.25, -0.2) is 4.79 Å². The van der Waals surface area contributed by atoms with Gasteiger partial charge in [0.1, 0.15) is 0 Å². The molecule has 0 spiro atoms. The third-order valence-electron chi connectivity index (χ3n) is 1.36. The van der Waals surface area contributed by atoms with E-state index in [1.54, 1.807) is 19.2 Å². The molecule has 1 aromatic heterocycles. The number of carbonyl (C=O) groups excluding carboxylic acids is 1. The first-order valence-corrected chi connectivity index (χ1v) is 4.09. The Morgan fingerprint density at radius 3 is 3.08 bits per heavy atom. The zero-order valence-electron chi connectivity index (χ0n) is 7.43. The van der Waals surface area contributed by atoms with E-state index < -0.39 is 0 Å². The van der Waals surface area contributed by atoms with E-state index >= 15 is 0 Å². The number of aromatic nitrogens is 1. The lowest BCUT2D eigenvalue weighted by atomic mass is 10.3. The van der Waals surface area contributed by atoms with Crippen LogP contribution in [-0.2, 0) is 9.53 Å². The zero-order valence-corrected chi connectivity index (χ0v) is 7.43. The Balaban J connectivity index is 2.54. The second kappa shape index (κ2) is 5.09. The standard InChI is InChI=1S/C10H11NO2/c1-2-13-10(12)7-6-9-5-3-4-8-11-9/h3-8H,2H2,1H3. The molecule has 0 atom stereocenters. The van der Waals surface area contributed by atoms with Gasteiger partial charge in [0, 0.05) is 12.3 Å². The lowest BCUT2D eigenvalue weighted by Crippen LogP contribution is -1.98. The Kier molecular flexibility index (Phi) is 3.70. The van der Waals surface area contributed by atoms with Gasteiger partial charge in [-0.1, -0.05) is 6.07 Å². The van der Waals surface area contributed by atoms with E-state index in [2.05, 4.69) is 4.98 Å². The number of esters is 1. The minimum atomic E-state index is -0.340. The van der Waals surface area contributed by atoms with Crippen LogP contribution in [0.2, 0.25) is 0 Å². The summed E-state index contributed by atoms with van der Waals surface area (Å²) < 4.78 is 4.71. The number of rotatable bonds is 3. The Morgan fingerprint density at radius 2 is 2.46 bits per heavy atom. The predicted molar refractivity (Wildman–Crippen MR) is 49.9 cm³/mol. The molecule has 0 fully saturated rings. The van der Waals surface area contributed by atoms with E-state index in [1.807, 2.05) is 18.2 Å². The molecule has 68 valence electrons. The van der Waals surface area contributed by atoms with Crippen LogP contribution in [0.25, 0.3) is 6.08 Å². The van der Waals surface area contributed by atoms with Crippen LogP contribution in [-0.4, -0.2) is 17.6 Å². The zero-order chi connectivity index (χ0) is 9.52. The third kappa shape index (κ3) is 3.51. The van der Waals surface area contributed by atoms with Crippen LogP contribution in [0.3, 0.4) is 0 Å². The highest BCUT2D eigenvalue weighted by Gasteiger charge is 1.92. The second-order valence-electron chi connectivity index (χ2n) is 2.34. The average molecular weight is 177 g/mol. The molecule has 0 amide bonds. The van der Waals surface area contributed by atoms with Crippen molar-refractivity contribution in [2.75, 3.05) is 6.61 Å². The molecular formula is C10H11NO2. The fourth-order valence-electron chi connectivity index (χ4n) is 0.818. The summed E-state index contributed by atoms with van der Waals surface area (Å²) in [6.45, 7) is 2.16. The van der Waals surface area contributed by atoms with Gasteiger partial charge in [0.15, 0.2) is 0 Å². The lowest BCUT2D eigenvalue weighted by Gasteiger charge is -1.94. The lowest BCUT2D eigenvalue weighted by molar-refractivity contribution is -0.137. The van der Waals surface area contributed by atoms with Gasteiger partial charge in [0.2, 0.25) is 0 Å². The number of nitrogens with zero attached hydrogens (tertiary/aromatic N) is 1. The smallest absolute Gasteiger partial charge is 0.330 e. The number of carbonyl (C=O) groups is 1. The predicted octanol–water partition coefficient (Wildman–Crippen LogP) is 1.66. The molecule has 0 unspecified atom stereocenters. The first kappa shape index (κ1) is 9.45. The highest BCUT2D eigenvalue weighted by atomic mass is 16.5. The van der Waals surface area contributed by atoms with Crippen molar-refractivity contribution in [3.8, 4) is 0 Å². The van der Waals surface area contributed by atoms with Gasteiger partial charge in [0.05, 0.1) is 12.3 Å². The van der Waals surface area contributed by atoms with E-state index in [0.717, 1.165) is 5.69 Å². The molecule has 3 heteroatoms. The van der Waals surface area contributed by atoms with Gasteiger partial charge in [-0.05, 0) is 25.1 Å². The molecule has 3 nitrogen and oxygen atoms in total. The van der Waals surface area contributed by atoms with Crippen LogP contribution < -0.4 is 0 Å². The summed E-state index contributed by atoms with van der Waals surface area (Å²) in [6, 6.07) is 5.50. The molecule has 0 bridgehead atoms. The Labute approximate surface area is 77.1 Å². The van der Waals surface area contributed by atoms with Gasteiger partial charge < -0.3 is 4.74 Å². The van der Waals surface area contributed by atoms with E-state index in [-0.39, 0.29) is 5.97 Å². The van der Waals surface area contributed by atoms with Gasteiger partial charge in [-0.15, -0.1) is 0 Å². The van der Waals surface area contributed by atoms with Gasteiger partial charge >= 0.3 is 5.97 Å². The molecule has 0 aliphatic carbocycles. The van der Waals surface area contributed by atoms with Crippen LogP contribution in [0.4, 0.5) is 0 Å². The maximum absolute atomic E-state index is 10.9. The molecule has 1 heterocycles. The summed E-state index contributed by atoms with van der Waals surface area (Å²) in [5.41, 5.74) is 0.746. The Bertz CT molecular complexity index is 293.